The van der Waals surface area contributed by atoms with E-state index in [1.165, 1.54) is 38.5 Å². The monoisotopic (exact) mass is 506 g/mol. The van der Waals surface area contributed by atoms with Crippen molar-refractivity contribution in [1.29, 1.82) is 0 Å². The molecule has 0 aromatic heterocycles. The zero-order chi connectivity index (χ0) is 26.0. The van der Waals surface area contributed by atoms with E-state index in [0.29, 0.717) is 17.9 Å². The second kappa shape index (κ2) is 13.9. The van der Waals surface area contributed by atoms with Crippen LogP contribution in [0.3, 0.4) is 0 Å². The Hall–Kier alpha value is -2.20. The lowest BCUT2D eigenvalue weighted by Crippen LogP contribution is -2.44. The Morgan fingerprint density at radius 2 is 1.67 bits per heavy atom. The molecule has 0 saturated carbocycles. The summed E-state index contributed by atoms with van der Waals surface area (Å²) in [5.74, 6) is -1.64. The number of ether oxygens (including phenoxy) is 4. The molecule has 1 aromatic carbocycles. The number of anilines is 1. The van der Waals surface area contributed by atoms with Crippen LogP contribution in [0.1, 0.15) is 77.7 Å². The number of unbranched alkanes of at least 4 members (excludes halogenated alkanes) is 7. The molecule has 202 valence electrons. The number of hydrogen-bond acceptors (Lipinski definition) is 6. The van der Waals surface area contributed by atoms with Crippen LogP contribution in [0.25, 0.3) is 0 Å². The summed E-state index contributed by atoms with van der Waals surface area (Å²) in [6, 6.07) is 6.32. The number of fused-ring (bicyclic) bond motifs is 1. The summed E-state index contributed by atoms with van der Waals surface area (Å²) in [6.45, 7) is 6.79. The number of nitrogens with one attached hydrogen (secondary N) is 2. The highest BCUT2D eigenvalue weighted by Gasteiger charge is 2.55. The molecule has 3 rings (SSSR count). The lowest BCUT2D eigenvalue weighted by atomic mass is 10.1. The average Bonchev–Trinajstić information content (AvgIpc) is 3.28. The Bertz CT molecular complexity index is 830. The second-order valence-corrected chi connectivity index (χ2v) is 10.1. The third-order valence-electron chi connectivity index (χ3n) is 6.43. The molecule has 2 fully saturated rings. The molecule has 0 spiro atoms. The molecule has 2 amide bonds. The van der Waals surface area contributed by atoms with E-state index in [9.17, 15) is 9.59 Å². The van der Waals surface area contributed by atoms with Gasteiger partial charge in [-0.2, -0.15) is 0 Å². The third-order valence-corrected chi connectivity index (χ3v) is 6.43. The van der Waals surface area contributed by atoms with Crippen LogP contribution in [-0.2, 0) is 30.2 Å². The smallest absolute Gasteiger partial charge is 0.319 e. The topological polar surface area (TPSA) is 115 Å². The van der Waals surface area contributed by atoms with Crippen LogP contribution in [0.2, 0.25) is 0 Å². The maximum Gasteiger partial charge on any atom is 0.319 e. The summed E-state index contributed by atoms with van der Waals surface area (Å²) >= 11 is 0. The molecule has 2 aliphatic rings. The lowest BCUT2D eigenvalue weighted by Gasteiger charge is -2.26. The Morgan fingerprint density at radius 3 is 2.33 bits per heavy atom. The van der Waals surface area contributed by atoms with Gasteiger partial charge in [0.05, 0.1) is 6.42 Å². The molecule has 0 bridgehead atoms. The van der Waals surface area contributed by atoms with Crippen LogP contribution in [-0.4, -0.2) is 60.6 Å². The van der Waals surface area contributed by atoms with E-state index in [1.807, 2.05) is 13.8 Å². The molecular weight excluding hydrogens is 464 g/mol. The van der Waals surface area contributed by atoms with Crippen LogP contribution >= 0.6 is 0 Å². The fourth-order valence-electron chi connectivity index (χ4n) is 4.62. The molecule has 2 saturated heterocycles. The maximum atomic E-state index is 12.4. The van der Waals surface area contributed by atoms with Crippen LogP contribution in [0.15, 0.2) is 24.3 Å². The summed E-state index contributed by atoms with van der Waals surface area (Å²) in [5, 5.41) is 14.5. The minimum Gasteiger partial charge on any atom is -0.481 e. The molecule has 2 heterocycles. The van der Waals surface area contributed by atoms with E-state index in [4.69, 9.17) is 24.1 Å². The number of aliphatic carboxylic acids is 1. The largest absolute Gasteiger partial charge is 0.481 e. The van der Waals surface area contributed by atoms with Crippen molar-refractivity contribution >= 4 is 17.7 Å². The van der Waals surface area contributed by atoms with E-state index >= 15 is 0 Å². The second-order valence-electron chi connectivity index (χ2n) is 10.1. The number of hydrogen-bond donors (Lipinski definition) is 3. The molecule has 0 unspecified atom stereocenters. The predicted octanol–water partition coefficient (Wildman–Crippen LogP) is 4.84. The van der Waals surface area contributed by atoms with Gasteiger partial charge in [-0.25, -0.2) is 4.79 Å². The van der Waals surface area contributed by atoms with Crippen LogP contribution in [0.5, 0.6) is 0 Å². The summed E-state index contributed by atoms with van der Waals surface area (Å²) in [7, 11) is 0. The van der Waals surface area contributed by atoms with Gasteiger partial charge >= 0.3 is 12.0 Å². The SMILES string of the molecule is CCCCCCCCCCO[C@H]1[C@H]2OC(C)(C)O[C@H]2O[C@@H]1CNC(=O)Nc1ccc(CC(=O)O)cc1. The van der Waals surface area contributed by atoms with E-state index in [1.54, 1.807) is 24.3 Å². The highest BCUT2D eigenvalue weighted by atomic mass is 16.8. The molecule has 36 heavy (non-hydrogen) atoms. The number of amides is 2. The van der Waals surface area contributed by atoms with E-state index in [0.717, 1.165) is 12.8 Å². The van der Waals surface area contributed by atoms with Gasteiger partial charge in [0, 0.05) is 18.8 Å². The Labute approximate surface area is 214 Å². The van der Waals surface area contributed by atoms with E-state index < -0.39 is 24.2 Å². The van der Waals surface area contributed by atoms with Gasteiger partial charge in [0.25, 0.3) is 0 Å². The molecule has 9 heteroatoms. The summed E-state index contributed by atoms with van der Waals surface area (Å²) in [6.07, 6.45) is 8.14. The van der Waals surface area contributed by atoms with Crippen molar-refractivity contribution in [2.45, 2.75) is 109 Å². The summed E-state index contributed by atoms with van der Waals surface area (Å²) in [4.78, 5) is 23.3. The predicted molar refractivity (Wildman–Crippen MR) is 136 cm³/mol. The number of benzene rings is 1. The molecule has 2 aliphatic heterocycles. The van der Waals surface area contributed by atoms with Crippen molar-refractivity contribution in [2.75, 3.05) is 18.5 Å². The molecule has 4 atom stereocenters. The zero-order valence-electron chi connectivity index (χ0n) is 21.8. The van der Waals surface area contributed by atoms with Crippen molar-refractivity contribution in [3.63, 3.8) is 0 Å². The van der Waals surface area contributed by atoms with E-state index in [2.05, 4.69) is 17.6 Å². The van der Waals surface area contributed by atoms with Gasteiger partial charge in [0.1, 0.15) is 18.3 Å². The molecule has 1 aromatic rings. The van der Waals surface area contributed by atoms with Gasteiger partial charge in [-0.1, -0.05) is 64.0 Å². The fourth-order valence-corrected chi connectivity index (χ4v) is 4.62. The number of rotatable bonds is 15. The van der Waals surface area contributed by atoms with Gasteiger partial charge in [-0.15, -0.1) is 0 Å². The van der Waals surface area contributed by atoms with Crippen LogP contribution in [0, 0.1) is 0 Å². The molecule has 3 N–H and O–H groups in total. The quantitative estimate of drug-likeness (QED) is 0.292. The normalized spacial score (nSPS) is 24.4. The first kappa shape index (κ1) is 28.4. The zero-order valence-corrected chi connectivity index (χ0v) is 21.8. The van der Waals surface area contributed by atoms with Crippen molar-refractivity contribution in [1.82, 2.24) is 5.32 Å². The Morgan fingerprint density at radius 1 is 1.00 bits per heavy atom. The molecule has 0 radical (unpaired) electrons. The van der Waals surface area contributed by atoms with Crippen LogP contribution < -0.4 is 10.6 Å². The van der Waals surface area contributed by atoms with Crippen molar-refractivity contribution in [3.05, 3.63) is 29.8 Å². The number of carbonyl (C=O) groups excluding carboxylic acids is 1. The summed E-state index contributed by atoms with van der Waals surface area (Å²) < 4.78 is 24.2. The van der Waals surface area contributed by atoms with Gasteiger partial charge in [-0.3, -0.25) is 4.79 Å². The van der Waals surface area contributed by atoms with Gasteiger partial charge in [0.15, 0.2) is 12.1 Å². The van der Waals surface area contributed by atoms with Gasteiger partial charge in [-0.05, 0) is 38.0 Å². The van der Waals surface area contributed by atoms with Crippen molar-refractivity contribution in [3.8, 4) is 0 Å². The van der Waals surface area contributed by atoms with E-state index in [-0.39, 0.29) is 31.2 Å². The average molecular weight is 507 g/mol. The maximum absolute atomic E-state index is 12.4. The Balaban J connectivity index is 1.43. The first-order chi connectivity index (χ1) is 17.3. The number of carbonyl (C=O) groups is 2. The summed E-state index contributed by atoms with van der Waals surface area (Å²) in [5.41, 5.74) is 1.24. The standard InChI is InChI=1S/C27H42N2O7/c1-4-5-6-7-8-9-10-11-16-33-23-21(34-25-24(23)35-27(2,3)36-25)18-28-26(32)29-20-14-12-19(13-15-20)17-22(30)31/h12-15,21,23-25H,4-11,16-18H2,1-3H3,(H,30,31)(H2,28,29,32)/t21-,23-,24-,25-/m1/s1. The van der Waals surface area contributed by atoms with Crippen molar-refractivity contribution in [2.24, 2.45) is 0 Å². The first-order valence-electron chi connectivity index (χ1n) is 13.3. The van der Waals surface area contributed by atoms with Gasteiger partial charge < -0.3 is 34.7 Å². The number of carboxylic acids is 1. The number of carboxylic acid groups (broad SMARTS) is 1. The van der Waals surface area contributed by atoms with Gasteiger partial charge in [0.2, 0.25) is 0 Å². The fraction of sp³-hybridized carbons (Fsp3) is 0.704. The first-order valence-corrected chi connectivity index (χ1v) is 13.3. The molecule has 0 aliphatic carbocycles. The third kappa shape index (κ3) is 9.03. The Kier molecular flexibility index (Phi) is 11.0. The molecule has 9 nitrogen and oxygen atoms in total. The highest BCUT2D eigenvalue weighted by molar-refractivity contribution is 5.89. The highest BCUT2D eigenvalue weighted by Crippen LogP contribution is 2.38. The minimum absolute atomic E-state index is 0.0604. The minimum atomic E-state index is -0.898. The van der Waals surface area contributed by atoms with Crippen LogP contribution in [0.4, 0.5) is 10.5 Å². The molecular formula is C27H42N2O7. The van der Waals surface area contributed by atoms with Crippen molar-refractivity contribution < 1.29 is 33.6 Å². The number of urea groups is 1. The lowest BCUT2D eigenvalue weighted by molar-refractivity contribution is -0.217.